The smallest absolute Gasteiger partial charge is 0.273 e. The maximum absolute atomic E-state index is 10.6. The molecule has 0 bridgehead atoms. The van der Waals surface area contributed by atoms with Crippen LogP contribution in [0.3, 0.4) is 0 Å². The molecule has 78 valence electrons. The van der Waals surface area contributed by atoms with Crippen LogP contribution in [0.1, 0.15) is 5.56 Å². The Hall–Kier alpha value is -1.13. The molecular weight excluding hydrogens is 204 g/mol. The van der Waals surface area contributed by atoms with Crippen molar-refractivity contribution in [3.63, 3.8) is 0 Å². The van der Waals surface area contributed by atoms with Gasteiger partial charge in [-0.2, -0.15) is 0 Å². The second kappa shape index (κ2) is 5.57. The lowest BCUT2D eigenvalue weighted by Crippen LogP contribution is -2.11. The Balaban J connectivity index is 0.00000169. The molecular formula is C9H13ClN2O2. The van der Waals surface area contributed by atoms with Crippen LogP contribution in [0.5, 0.6) is 0 Å². The average Bonchev–Trinajstić information content (AvgIpc) is 2.03. The van der Waals surface area contributed by atoms with Gasteiger partial charge in [0.1, 0.15) is 0 Å². The molecule has 0 saturated carbocycles. The number of para-hydroxylation sites is 1. The molecule has 0 atom stereocenters. The van der Waals surface area contributed by atoms with Crippen LogP contribution < -0.4 is 0 Å². The van der Waals surface area contributed by atoms with Gasteiger partial charge in [0.25, 0.3) is 5.69 Å². The zero-order chi connectivity index (χ0) is 9.84. The van der Waals surface area contributed by atoms with E-state index in [4.69, 9.17) is 0 Å². The van der Waals surface area contributed by atoms with Crippen molar-refractivity contribution in [3.05, 3.63) is 39.9 Å². The number of nitro benzene ring substituents is 1. The van der Waals surface area contributed by atoms with Gasteiger partial charge in [-0.1, -0.05) is 18.2 Å². The summed E-state index contributed by atoms with van der Waals surface area (Å²) in [5.74, 6) is 0. The van der Waals surface area contributed by atoms with Crippen LogP contribution in [-0.2, 0) is 6.54 Å². The summed E-state index contributed by atoms with van der Waals surface area (Å²) >= 11 is 0. The maximum Gasteiger partial charge on any atom is 0.273 e. The van der Waals surface area contributed by atoms with E-state index in [1.54, 1.807) is 12.1 Å². The van der Waals surface area contributed by atoms with Gasteiger partial charge in [0.15, 0.2) is 0 Å². The minimum atomic E-state index is -0.348. The first-order chi connectivity index (χ1) is 6.11. The fraction of sp³-hybridized carbons (Fsp3) is 0.333. The Morgan fingerprint density at radius 3 is 2.43 bits per heavy atom. The number of rotatable bonds is 3. The van der Waals surface area contributed by atoms with Gasteiger partial charge in [-0.3, -0.25) is 10.1 Å². The van der Waals surface area contributed by atoms with Gasteiger partial charge < -0.3 is 4.90 Å². The van der Waals surface area contributed by atoms with Crippen molar-refractivity contribution in [3.8, 4) is 0 Å². The fourth-order valence-electron chi connectivity index (χ4n) is 1.16. The maximum atomic E-state index is 10.6. The first kappa shape index (κ1) is 12.9. The molecule has 0 fully saturated rings. The van der Waals surface area contributed by atoms with Crippen LogP contribution in [-0.4, -0.2) is 23.9 Å². The van der Waals surface area contributed by atoms with Crippen LogP contribution in [0.15, 0.2) is 24.3 Å². The number of halogens is 1. The average molecular weight is 217 g/mol. The summed E-state index contributed by atoms with van der Waals surface area (Å²) < 4.78 is 0. The van der Waals surface area contributed by atoms with Gasteiger partial charge in [-0.15, -0.1) is 12.4 Å². The zero-order valence-electron chi connectivity index (χ0n) is 8.14. The van der Waals surface area contributed by atoms with E-state index in [0.717, 1.165) is 5.56 Å². The van der Waals surface area contributed by atoms with E-state index >= 15 is 0 Å². The second-order valence-electron chi connectivity index (χ2n) is 3.12. The second-order valence-corrected chi connectivity index (χ2v) is 3.12. The van der Waals surface area contributed by atoms with Gasteiger partial charge in [-0.25, -0.2) is 0 Å². The van der Waals surface area contributed by atoms with Crippen LogP contribution in [0.25, 0.3) is 0 Å². The van der Waals surface area contributed by atoms with Crippen molar-refractivity contribution in [1.82, 2.24) is 4.90 Å². The zero-order valence-corrected chi connectivity index (χ0v) is 8.95. The van der Waals surface area contributed by atoms with Gasteiger partial charge >= 0.3 is 0 Å². The number of hydrogen-bond acceptors (Lipinski definition) is 3. The van der Waals surface area contributed by atoms with Gasteiger partial charge in [0.05, 0.1) is 4.92 Å². The third-order valence-electron chi connectivity index (χ3n) is 1.67. The largest absolute Gasteiger partial charge is 0.305 e. The molecule has 0 spiro atoms. The number of nitrogens with zero attached hydrogens (tertiary/aromatic N) is 2. The lowest BCUT2D eigenvalue weighted by Gasteiger charge is -2.09. The summed E-state index contributed by atoms with van der Waals surface area (Å²) in [4.78, 5) is 12.1. The summed E-state index contributed by atoms with van der Waals surface area (Å²) in [7, 11) is 3.77. The first-order valence-corrected chi connectivity index (χ1v) is 3.98. The molecule has 14 heavy (non-hydrogen) atoms. The predicted molar refractivity (Wildman–Crippen MR) is 57.7 cm³/mol. The SMILES string of the molecule is CN(C)Cc1ccccc1[N+](=O)[O-].Cl. The molecule has 0 N–H and O–H groups in total. The molecule has 0 saturated heterocycles. The Morgan fingerprint density at radius 2 is 1.93 bits per heavy atom. The molecule has 0 aliphatic rings. The van der Waals surface area contributed by atoms with Crippen LogP contribution in [0, 0.1) is 10.1 Å². The Morgan fingerprint density at radius 1 is 1.36 bits per heavy atom. The van der Waals surface area contributed by atoms with Crippen molar-refractivity contribution in [2.45, 2.75) is 6.54 Å². The molecule has 5 heteroatoms. The van der Waals surface area contributed by atoms with Gasteiger partial charge in [0, 0.05) is 18.2 Å². The fourth-order valence-corrected chi connectivity index (χ4v) is 1.16. The number of benzene rings is 1. The van der Waals surface area contributed by atoms with E-state index < -0.39 is 0 Å². The van der Waals surface area contributed by atoms with E-state index in [9.17, 15) is 10.1 Å². The van der Waals surface area contributed by atoms with Crippen LogP contribution in [0.4, 0.5) is 5.69 Å². The highest BCUT2D eigenvalue weighted by atomic mass is 35.5. The van der Waals surface area contributed by atoms with E-state index in [1.807, 2.05) is 25.1 Å². The van der Waals surface area contributed by atoms with Crippen LogP contribution in [0.2, 0.25) is 0 Å². The summed E-state index contributed by atoms with van der Waals surface area (Å²) in [6, 6.07) is 6.79. The third kappa shape index (κ3) is 3.32. The van der Waals surface area contributed by atoms with Crippen molar-refractivity contribution >= 4 is 18.1 Å². The Bertz CT molecular complexity index is 315. The Labute approximate surface area is 89.1 Å². The van der Waals surface area contributed by atoms with Gasteiger partial charge in [-0.05, 0) is 14.1 Å². The highest BCUT2D eigenvalue weighted by Gasteiger charge is 2.11. The molecule has 0 aliphatic heterocycles. The highest BCUT2D eigenvalue weighted by molar-refractivity contribution is 5.85. The van der Waals surface area contributed by atoms with Gasteiger partial charge in [0.2, 0.25) is 0 Å². The molecule has 0 unspecified atom stereocenters. The van der Waals surface area contributed by atoms with E-state index in [1.165, 1.54) is 6.07 Å². The standard InChI is InChI=1S/C9H12N2O2.ClH/c1-10(2)7-8-5-3-4-6-9(8)11(12)13;/h3-6H,7H2,1-2H3;1H. The molecule has 1 aromatic carbocycles. The number of nitro groups is 1. The van der Waals surface area contributed by atoms with Crippen molar-refractivity contribution in [2.75, 3.05) is 14.1 Å². The molecule has 1 rings (SSSR count). The monoisotopic (exact) mass is 216 g/mol. The normalized spacial score (nSPS) is 9.64. The molecule has 1 aromatic rings. The lowest BCUT2D eigenvalue weighted by molar-refractivity contribution is -0.385. The molecule has 0 heterocycles. The molecule has 0 radical (unpaired) electrons. The Kier molecular flexibility index (Phi) is 5.12. The number of hydrogen-bond donors (Lipinski definition) is 0. The van der Waals surface area contributed by atoms with E-state index in [2.05, 4.69) is 0 Å². The predicted octanol–water partition coefficient (Wildman–Crippen LogP) is 2.08. The third-order valence-corrected chi connectivity index (χ3v) is 1.67. The molecule has 4 nitrogen and oxygen atoms in total. The summed E-state index contributed by atoms with van der Waals surface area (Å²) in [5, 5.41) is 10.6. The molecule has 0 aliphatic carbocycles. The molecule has 0 amide bonds. The summed E-state index contributed by atoms with van der Waals surface area (Å²) in [6.07, 6.45) is 0. The topological polar surface area (TPSA) is 46.4 Å². The minimum absolute atomic E-state index is 0. The molecule has 0 aromatic heterocycles. The van der Waals surface area contributed by atoms with E-state index in [0.29, 0.717) is 6.54 Å². The first-order valence-electron chi connectivity index (χ1n) is 3.98. The van der Waals surface area contributed by atoms with E-state index in [-0.39, 0.29) is 23.0 Å². The summed E-state index contributed by atoms with van der Waals surface area (Å²) in [6.45, 7) is 0.594. The van der Waals surface area contributed by atoms with Crippen LogP contribution >= 0.6 is 12.4 Å². The lowest BCUT2D eigenvalue weighted by atomic mass is 10.2. The minimum Gasteiger partial charge on any atom is -0.305 e. The van der Waals surface area contributed by atoms with Crippen molar-refractivity contribution < 1.29 is 4.92 Å². The highest BCUT2D eigenvalue weighted by Crippen LogP contribution is 2.18. The quantitative estimate of drug-likeness (QED) is 0.574. The van der Waals surface area contributed by atoms with Crippen molar-refractivity contribution in [1.29, 1.82) is 0 Å². The van der Waals surface area contributed by atoms with Crippen molar-refractivity contribution in [2.24, 2.45) is 0 Å². The summed E-state index contributed by atoms with van der Waals surface area (Å²) in [5.41, 5.74) is 0.939.